The lowest BCUT2D eigenvalue weighted by molar-refractivity contribution is -0.116. The van der Waals surface area contributed by atoms with E-state index in [-0.39, 0.29) is 11.8 Å². The number of hydrogen-bond donors (Lipinski definition) is 1. The molecule has 1 heterocycles. The quantitative estimate of drug-likeness (QED) is 0.543. The Bertz CT molecular complexity index is 1030. The number of aromatic nitrogens is 1. The van der Waals surface area contributed by atoms with Gasteiger partial charge in [-0.3, -0.25) is 14.5 Å². The molecule has 0 bridgehead atoms. The Morgan fingerprint density at radius 1 is 1.10 bits per heavy atom. The van der Waals surface area contributed by atoms with E-state index in [0.29, 0.717) is 16.7 Å². The molecule has 3 rings (SSSR count). The molecule has 0 saturated carbocycles. The van der Waals surface area contributed by atoms with E-state index in [9.17, 15) is 9.59 Å². The fourth-order valence-corrected chi connectivity index (χ4v) is 3.63. The van der Waals surface area contributed by atoms with Crippen molar-refractivity contribution < 1.29 is 9.59 Å². The largest absolute Gasteiger partial charge is 0.323 e. The summed E-state index contributed by atoms with van der Waals surface area (Å²) in [5, 5.41) is 5.25. The van der Waals surface area contributed by atoms with Crippen molar-refractivity contribution in [1.29, 1.82) is 0 Å². The number of rotatable bonds is 6. The van der Waals surface area contributed by atoms with Crippen molar-refractivity contribution in [3.05, 3.63) is 77.3 Å². The number of para-hydroxylation sites is 1. The normalized spacial score (nSPS) is 11.0. The molecular weight excluding hydrogens is 382 g/mol. The highest BCUT2D eigenvalue weighted by Gasteiger charge is 2.17. The predicted molar refractivity (Wildman–Crippen MR) is 120 cm³/mol. The van der Waals surface area contributed by atoms with Gasteiger partial charge in [-0.1, -0.05) is 44.2 Å². The van der Waals surface area contributed by atoms with Crippen LogP contribution in [0.15, 0.2) is 66.1 Å². The molecule has 148 valence electrons. The second-order valence-electron chi connectivity index (χ2n) is 6.85. The molecule has 0 unspecified atom stereocenters. The number of carbonyl (C=O) groups excluding carboxylic acids is 2. The number of anilines is 3. The molecule has 0 fully saturated rings. The Morgan fingerprint density at radius 2 is 1.86 bits per heavy atom. The van der Waals surface area contributed by atoms with Crippen LogP contribution in [0.5, 0.6) is 0 Å². The Kier molecular flexibility index (Phi) is 6.57. The third kappa shape index (κ3) is 5.39. The van der Waals surface area contributed by atoms with Crippen LogP contribution in [0.4, 0.5) is 16.5 Å². The molecule has 6 heteroatoms. The molecule has 2 amide bonds. The Hall–Kier alpha value is -3.25. The number of hydrogen-bond acceptors (Lipinski definition) is 4. The lowest BCUT2D eigenvalue weighted by Crippen LogP contribution is -2.22. The van der Waals surface area contributed by atoms with Crippen LogP contribution < -0.4 is 10.2 Å². The second-order valence-corrected chi connectivity index (χ2v) is 7.68. The summed E-state index contributed by atoms with van der Waals surface area (Å²) in [5.41, 5.74) is 3.31. The first kappa shape index (κ1) is 20.5. The molecule has 0 radical (unpaired) electrons. The minimum absolute atomic E-state index is 0.121. The first-order chi connectivity index (χ1) is 13.9. The third-order valence-corrected chi connectivity index (χ3v) is 5.10. The lowest BCUT2D eigenvalue weighted by Gasteiger charge is -2.17. The molecular formula is C23H23N3O2S. The monoisotopic (exact) mass is 405 g/mol. The minimum atomic E-state index is -0.230. The fraction of sp³-hybridized carbons (Fsp3) is 0.174. The van der Waals surface area contributed by atoms with Gasteiger partial charge in [-0.15, -0.1) is 11.3 Å². The van der Waals surface area contributed by atoms with E-state index in [2.05, 4.69) is 24.1 Å². The highest BCUT2D eigenvalue weighted by molar-refractivity contribution is 7.14. The van der Waals surface area contributed by atoms with Gasteiger partial charge in [-0.05, 0) is 41.8 Å². The maximum atomic E-state index is 12.3. The van der Waals surface area contributed by atoms with Crippen molar-refractivity contribution in [2.24, 2.45) is 0 Å². The fourth-order valence-electron chi connectivity index (χ4n) is 2.78. The SMILES string of the molecule is CC(=O)N(c1ccccc1)c1nc(/C=C/C(=O)Nc2cccc(C(C)C)c2)cs1. The summed E-state index contributed by atoms with van der Waals surface area (Å²) in [7, 11) is 0. The van der Waals surface area contributed by atoms with Gasteiger partial charge in [0, 0.05) is 24.1 Å². The van der Waals surface area contributed by atoms with E-state index in [4.69, 9.17) is 0 Å². The molecule has 0 aliphatic rings. The lowest BCUT2D eigenvalue weighted by atomic mass is 10.0. The molecule has 5 nitrogen and oxygen atoms in total. The van der Waals surface area contributed by atoms with E-state index in [1.165, 1.54) is 29.9 Å². The zero-order valence-electron chi connectivity index (χ0n) is 16.6. The number of nitrogens with zero attached hydrogens (tertiary/aromatic N) is 2. The number of thiazole rings is 1. The predicted octanol–water partition coefficient (Wildman–Crippen LogP) is 5.60. The van der Waals surface area contributed by atoms with Gasteiger partial charge < -0.3 is 5.32 Å². The van der Waals surface area contributed by atoms with Crippen LogP contribution >= 0.6 is 11.3 Å². The van der Waals surface area contributed by atoms with Crippen molar-refractivity contribution in [2.75, 3.05) is 10.2 Å². The van der Waals surface area contributed by atoms with Gasteiger partial charge >= 0.3 is 0 Å². The highest BCUT2D eigenvalue weighted by Crippen LogP contribution is 2.29. The van der Waals surface area contributed by atoms with Crippen LogP contribution in [-0.4, -0.2) is 16.8 Å². The second kappa shape index (κ2) is 9.30. The van der Waals surface area contributed by atoms with E-state index in [0.717, 1.165) is 11.4 Å². The average molecular weight is 406 g/mol. The smallest absolute Gasteiger partial charge is 0.248 e. The molecule has 3 aromatic rings. The van der Waals surface area contributed by atoms with E-state index in [1.807, 2.05) is 60.0 Å². The van der Waals surface area contributed by atoms with Crippen molar-refractivity contribution in [3.63, 3.8) is 0 Å². The van der Waals surface area contributed by atoms with Gasteiger partial charge in [0.1, 0.15) is 0 Å². The van der Waals surface area contributed by atoms with Gasteiger partial charge in [-0.2, -0.15) is 0 Å². The Balaban J connectivity index is 1.70. The standard InChI is InChI=1S/C23H23N3O2S/c1-16(2)18-8-7-9-19(14-18)24-22(28)13-12-20-15-29-23(25-20)26(17(3)27)21-10-5-4-6-11-21/h4-16H,1-3H3,(H,24,28)/b13-12+. The van der Waals surface area contributed by atoms with Crippen molar-refractivity contribution in [1.82, 2.24) is 4.98 Å². The number of benzene rings is 2. The zero-order chi connectivity index (χ0) is 20.8. The maximum absolute atomic E-state index is 12.3. The molecule has 1 N–H and O–H groups in total. The molecule has 0 aliphatic carbocycles. The molecule has 0 spiro atoms. The van der Waals surface area contributed by atoms with Crippen LogP contribution in [0, 0.1) is 0 Å². The van der Waals surface area contributed by atoms with Gasteiger partial charge in [0.15, 0.2) is 5.13 Å². The van der Waals surface area contributed by atoms with Crippen LogP contribution in [0.3, 0.4) is 0 Å². The minimum Gasteiger partial charge on any atom is -0.323 e. The summed E-state index contributed by atoms with van der Waals surface area (Å²) < 4.78 is 0. The van der Waals surface area contributed by atoms with Gasteiger partial charge in [-0.25, -0.2) is 4.98 Å². The van der Waals surface area contributed by atoms with Gasteiger partial charge in [0.2, 0.25) is 11.8 Å². The van der Waals surface area contributed by atoms with Crippen LogP contribution in [-0.2, 0) is 9.59 Å². The Labute approximate surface area is 174 Å². The van der Waals surface area contributed by atoms with Gasteiger partial charge in [0.05, 0.1) is 11.4 Å². The summed E-state index contributed by atoms with van der Waals surface area (Å²) >= 11 is 1.35. The van der Waals surface area contributed by atoms with Crippen LogP contribution in [0.25, 0.3) is 6.08 Å². The zero-order valence-corrected chi connectivity index (χ0v) is 17.4. The molecule has 1 aromatic heterocycles. The number of nitrogens with one attached hydrogen (secondary N) is 1. The van der Waals surface area contributed by atoms with Crippen LogP contribution in [0.1, 0.15) is 37.9 Å². The average Bonchev–Trinajstić information content (AvgIpc) is 3.15. The van der Waals surface area contributed by atoms with Crippen molar-refractivity contribution >= 4 is 45.7 Å². The van der Waals surface area contributed by atoms with E-state index >= 15 is 0 Å². The summed E-state index contributed by atoms with van der Waals surface area (Å²) in [4.78, 5) is 30.4. The summed E-state index contributed by atoms with van der Waals surface area (Å²) in [6, 6.07) is 17.2. The van der Waals surface area contributed by atoms with Crippen LogP contribution in [0.2, 0.25) is 0 Å². The van der Waals surface area contributed by atoms with E-state index < -0.39 is 0 Å². The maximum Gasteiger partial charge on any atom is 0.248 e. The first-order valence-electron chi connectivity index (χ1n) is 9.34. The summed E-state index contributed by atoms with van der Waals surface area (Å²) in [5.74, 6) is 0.0421. The molecule has 2 aromatic carbocycles. The van der Waals surface area contributed by atoms with Crippen molar-refractivity contribution in [3.8, 4) is 0 Å². The third-order valence-electron chi connectivity index (χ3n) is 4.26. The molecule has 0 atom stereocenters. The van der Waals surface area contributed by atoms with Gasteiger partial charge in [0.25, 0.3) is 0 Å². The van der Waals surface area contributed by atoms with Crippen molar-refractivity contribution in [2.45, 2.75) is 26.7 Å². The topological polar surface area (TPSA) is 62.3 Å². The number of carbonyl (C=O) groups is 2. The summed E-state index contributed by atoms with van der Waals surface area (Å²) in [6.07, 6.45) is 3.09. The number of amides is 2. The van der Waals surface area contributed by atoms with E-state index in [1.54, 1.807) is 11.0 Å². The molecule has 29 heavy (non-hydrogen) atoms. The Morgan fingerprint density at radius 3 is 2.55 bits per heavy atom. The highest BCUT2D eigenvalue weighted by atomic mass is 32.1. The molecule has 0 aliphatic heterocycles. The first-order valence-corrected chi connectivity index (χ1v) is 10.2. The summed E-state index contributed by atoms with van der Waals surface area (Å²) in [6.45, 7) is 5.73. The molecule has 0 saturated heterocycles.